The number of carbonyl (C=O) groups excluding carboxylic acids is 1. The van der Waals surface area contributed by atoms with Gasteiger partial charge in [-0.05, 0) is 50.2 Å². The van der Waals surface area contributed by atoms with Gasteiger partial charge in [0.15, 0.2) is 0 Å². The minimum Gasteiger partial charge on any atom is -0.286 e. The molecule has 0 aliphatic carbocycles. The van der Waals surface area contributed by atoms with E-state index in [1.54, 1.807) is 10.9 Å². The van der Waals surface area contributed by atoms with Crippen molar-refractivity contribution in [3.8, 4) is 0 Å². The van der Waals surface area contributed by atoms with Gasteiger partial charge < -0.3 is 0 Å². The molecule has 6 heteroatoms. The Morgan fingerprint density at radius 3 is 2.81 bits per heavy atom. The zero-order valence-electron chi connectivity index (χ0n) is 8.41. The second-order valence-corrected chi connectivity index (χ2v) is 5.71. The molecule has 0 aromatic carbocycles. The van der Waals surface area contributed by atoms with Gasteiger partial charge in [0.05, 0.1) is 15.5 Å². The number of hydrogen-bond donors (Lipinski definition) is 0. The second kappa shape index (κ2) is 4.81. The number of aryl methyl sites for hydroxylation is 1. The smallest absolute Gasteiger partial charge is 0.223 e. The molecule has 2 heterocycles. The normalized spacial score (nSPS) is 10.7. The average Bonchev–Trinajstić information content (AvgIpc) is 2.83. The summed E-state index contributed by atoms with van der Waals surface area (Å²) in [5.41, 5.74) is 0.602. The van der Waals surface area contributed by atoms with Crippen molar-refractivity contribution in [1.82, 2.24) is 9.78 Å². The second-order valence-electron chi connectivity index (χ2n) is 3.08. The van der Waals surface area contributed by atoms with Gasteiger partial charge in [0.1, 0.15) is 5.69 Å². The zero-order valence-corrected chi connectivity index (χ0v) is 12.4. The maximum atomic E-state index is 12.3. The predicted octanol–water partition coefficient (Wildman–Crippen LogP) is 3.72. The van der Waals surface area contributed by atoms with E-state index in [1.165, 1.54) is 11.3 Å². The fourth-order valence-electron chi connectivity index (χ4n) is 1.39. The van der Waals surface area contributed by atoms with E-state index in [9.17, 15) is 4.79 Å². The molecule has 0 fully saturated rings. The third kappa shape index (κ3) is 2.01. The van der Waals surface area contributed by atoms with Crippen LogP contribution in [0.1, 0.15) is 22.3 Å². The highest BCUT2D eigenvalue weighted by molar-refractivity contribution is 9.11. The maximum Gasteiger partial charge on any atom is 0.223 e. The van der Waals surface area contributed by atoms with Gasteiger partial charge in [-0.15, -0.1) is 11.3 Å². The van der Waals surface area contributed by atoms with Crippen molar-refractivity contribution in [1.29, 1.82) is 0 Å². The monoisotopic (exact) mass is 362 g/mol. The molecule has 0 N–H and O–H groups in total. The van der Waals surface area contributed by atoms with Crippen molar-refractivity contribution < 1.29 is 4.79 Å². The highest BCUT2D eigenvalue weighted by Gasteiger charge is 2.21. The van der Waals surface area contributed by atoms with Crippen molar-refractivity contribution in [2.45, 2.75) is 13.5 Å². The van der Waals surface area contributed by atoms with E-state index in [0.29, 0.717) is 17.1 Å². The van der Waals surface area contributed by atoms with E-state index in [-0.39, 0.29) is 5.78 Å². The van der Waals surface area contributed by atoms with Crippen molar-refractivity contribution >= 4 is 49.0 Å². The summed E-state index contributed by atoms with van der Waals surface area (Å²) in [6.07, 6.45) is 1.65. The first-order valence-corrected chi connectivity index (χ1v) is 7.10. The van der Waals surface area contributed by atoms with E-state index in [2.05, 4.69) is 37.0 Å². The summed E-state index contributed by atoms with van der Waals surface area (Å²) in [6, 6.07) is 1.87. The quantitative estimate of drug-likeness (QED) is 0.779. The Morgan fingerprint density at radius 2 is 2.25 bits per heavy atom. The van der Waals surface area contributed by atoms with Gasteiger partial charge in [0.2, 0.25) is 5.78 Å². The van der Waals surface area contributed by atoms with Crippen LogP contribution in [0.4, 0.5) is 0 Å². The highest BCUT2D eigenvalue weighted by atomic mass is 79.9. The van der Waals surface area contributed by atoms with Crippen LogP contribution in [0.15, 0.2) is 26.6 Å². The third-order valence-electron chi connectivity index (χ3n) is 2.13. The van der Waals surface area contributed by atoms with Crippen molar-refractivity contribution in [2.24, 2.45) is 0 Å². The molecule has 0 aliphatic rings. The van der Waals surface area contributed by atoms with Crippen molar-refractivity contribution in [3.05, 3.63) is 37.2 Å². The van der Waals surface area contributed by atoms with Gasteiger partial charge in [-0.25, -0.2) is 0 Å². The summed E-state index contributed by atoms with van der Waals surface area (Å²) in [5.74, 6) is -0.00639. The van der Waals surface area contributed by atoms with Gasteiger partial charge in [0, 0.05) is 11.0 Å². The summed E-state index contributed by atoms with van der Waals surface area (Å²) in [6.45, 7) is 2.63. The molecule has 84 valence electrons. The van der Waals surface area contributed by atoms with Crippen LogP contribution in [0, 0.1) is 0 Å². The summed E-state index contributed by atoms with van der Waals surface area (Å²) >= 11 is 8.15. The third-order valence-corrected chi connectivity index (χ3v) is 4.55. The number of thiophene rings is 1. The lowest BCUT2D eigenvalue weighted by atomic mass is 10.2. The molecular weight excluding hydrogens is 356 g/mol. The fourth-order valence-corrected chi connectivity index (χ4v) is 3.36. The Hall–Kier alpha value is -0.460. The molecule has 0 radical (unpaired) electrons. The summed E-state index contributed by atoms with van der Waals surface area (Å²) in [5, 5.41) is 6.02. The molecule has 16 heavy (non-hydrogen) atoms. The molecule has 0 aliphatic heterocycles. The lowest BCUT2D eigenvalue weighted by Gasteiger charge is -2.03. The van der Waals surface area contributed by atoms with Gasteiger partial charge in [-0.3, -0.25) is 9.48 Å². The number of rotatable bonds is 3. The molecule has 2 rings (SSSR count). The standard InChI is InChI=1S/C10H8Br2N2OS/c1-2-14-8(7(12)5-13-14)9(15)10-6(11)3-4-16-10/h3-5H,2H2,1H3. The molecule has 0 amide bonds. The fraction of sp³-hybridized carbons (Fsp3) is 0.200. The van der Waals surface area contributed by atoms with Gasteiger partial charge in [0.25, 0.3) is 0 Å². The predicted molar refractivity (Wildman–Crippen MR) is 71.1 cm³/mol. The van der Waals surface area contributed by atoms with Crippen LogP contribution in [0.25, 0.3) is 0 Å². The van der Waals surface area contributed by atoms with E-state index >= 15 is 0 Å². The molecule has 3 nitrogen and oxygen atoms in total. The molecule has 0 spiro atoms. The van der Waals surface area contributed by atoms with Crippen molar-refractivity contribution in [3.63, 3.8) is 0 Å². The van der Waals surface area contributed by atoms with Crippen LogP contribution in [-0.2, 0) is 6.54 Å². The van der Waals surface area contributed by atoms with Crippen LogP contribution in [-0.4, -0.2) is 15.6 Å². The number of aromatic nitrogens is 2. The van der Waals surface area contributed by atoms with Crippen LogP contribution in [0.3, 0.4) is 0 Å². The lowest BCUT2D eigenvalue weighted by molar-refractivity contribution is 0.103. The maximum absolute atomic E-state index is 12.3. The van der Waals surface area contributed by atoms with E-state index in [1.807, 2.05) is 18.4 Å². The van der Waals surface area contributed by atoms with Crippen LogP contribution in [0.5, 0.6) is 0 Å². The highest BCUT2D eigenvalue weighted by Crippen LogP contribution is 2.28. The molecule has 2 aromatic heterocycles. The Morgan fingerprint density at radius 1 is 1.50 bits per heavy atom. The van der Waals surface area contributed by atoms with Crippen LogP contribution >= 0.6 is 43.2 Å². The zero-order chi connectivity index (χ0) is 11.7. The molecule has 0 unspecified atom stereocenters. The van der Waals surface area contributed by atoms with Crippen LogP contribution < -0.4 is 0 Å². The molecule has 0 saturated heterocycles. The summed E-state index contributed by atoms with van der Waals surface area (Å²) < 4.78 is 3.26. The lowest BCUT2D eigenvalue weighted by Crippen LogP contribution is -2.10. The van der Waals surface area contributed by atoms with Gasteiger partial charge in [-0.1, -0.05) is 0 Å². The summed E-state index contributed by atoms with van der Waals surface area (Å²) in [4.78, 5) is 13.0. The van der Waals surface area contributed by atoms with Gasteiger partial charge in [-0.2, -0.15) is 5.10 Å². The SMILES string of the molecule is CCn1ncc(Br)c1C(=O)c1sccc1Br. The first kappa shape index (κ1) is 12.0. The van der Waals surface area contributed by atoms with E-state index in [0.717, 1.165) is 8.95 Å². The van der Waals surface area contributed by atoms with E-state index in [4.69, 9.17) is 0 Å². The first-order chi connectivity index (χ1) is 7.65. The van der Waals surface area contributed by atoms with Crippen LogP contribution in [0.2, 0.25) is 0 Å². The molecule has 0 saturated carbocycles. The van der Waals surface area contributed by atoms with Crippen molar-refractivity contribution in [2.75, 3.05) is 0 Å². The number of carbonyl (C=O) groups is 1. The Labute approximate surface area is 114 Å². The molecule has 0 bridgehead atoms. The average molecular weight is 364 g/mol. The molecule has 0 atom stereocenters. The summed E-state index contributed by atoms with van der Waals surface area (Å²) in [7, 11) is 0. The Kier molecular flexibility index (Phi) is 3.61. The number of halogens is 2. The Balaban J connectivity index is 2.49. The largest absolute Gasteiger partial charge is 0.286 e. The number of nitrogens with zero attached hydrogens (tertiary/aromatic N) is 2. The van der Waals surface area contributed by atoms with E-state index < -0.39 is 0 Å². The van der Waals surface area contributed by atoms with Gasteiger partial charge >= 0.3 is 0 Å². The minimum absolute atomic E-state index is 0.00639. The molecule has 2 aromatic rings. The first-order valence-electron chi connectivity index (χ1n) is 4.64. The number of hydrogen-bond acceptors (Lipinski definition) is 3. The minimum atomic E-state index is -0.00639. The Bertz CT molecular complexity index is 533. The molecular formula is C10H8Br2N2OS. The number of ketones is 1. The topological polar surface area (TPSA) is 34.9 Å².